The molecule has 1 fully saturated rings. The second-order valence-corrected chi connectivity index (χ2v) is 7.84. The lowest BCUT2D eigenvalue weighted by Crippen LogP contribution is -2.42. The van der Waals surface area contributed by atoms with Gasteiger partial charge >= 0.3 is 0 Å². The Morgan fingerprint density at radius 1 is 1.17 bits per heavy atom. The predicted octanol–water partition coefficient (Wildman–Crippen LogP) is 3.23. The third-order valence-electron chi connectivity index (χ3n) is 5.04. The number of nitrogens with one attached hydrogen (secondary N) is 3. The Balaban J connectivity index is 0.00000300. The van der Waals surface area contributed by atoms with E-state index >= 15 is 0 Å². The first-order valence-electron chi connectivity index (χ1n) is 9.74. The van der Waals surface area contributed by atoms with Crippen LogP contribution < -0.4 is 16.0 Å². The smallest absolute Gasteiger partial charge is 0.251 e. The molecule has 3 N–H and O–H groups in total. The van der Waals surface area contributed by atoms with Crippen LogP contribution in [-0.4, -0.2) is 50.5 Å². The molecular weight excluding hydrogens is 497 g/mol. The van der Waals surface area contributed by atoms with Crippen molar-refractivity contribution >= 4 is 47.2 Å². The van der Waals surface area contributed by atoms with Crippen LogP contribution in [0.3, 0.4) is 0 Å². The van der Waals surface area contributed by atoms with Crippen molar-refractivity contribution in [3.05, 3.63) is 57.8 Å². The highest BCUT2D eigenvalue weighted by Gasteiger charge is 2.24. The SMILES string of the molecule is CN=C(NCc1ccc(C(=O)NC)cc1)NCC(c1cccs1)N1CCCC1.I. The Kier molecular flexibility index (Phi) is 9.89. The Morgan fingerprint density at radius 3 is 2.48 bits per heavy atom. The van der Waals surface area contributed by atoms with Gasteiger partial charge in [0.15, 0.2) is 5.96 Å². The first-order valence-corrected chi connectivity index (χ1v) is 10.6. The Morgan fingerprint density at radius 2 is 1.90 bits per heavy atom. The number of halogens is 1. The highest BCUT2D eigenvalue weighted by atomic mass is 127. The lowest BCUT2D eigenvalue weighted by Gasteiger charge is -2.27. The van der Waals surface area contributed by atoms with E-state index in [1.165, 1.54) is 17.7 Å². The summed E-state index contributed by atoms with van der Waals surface area (Å²) in [4.78, 5) is 19.9. The monoisotopic (exact) mass is 527 g/mol. The van der Waals surface area contributed by atoms with Crippen LogP contribution in [0.5, 0.6) is 0 Å². The van der Waals surface area contributed by atoms with Gasteiger partial charge in [0.25, 0.3) is 5.91 Å². The third kappa shape index (κ3) is 6.68. The minimum absolute atomic E-state index is 0. The summed E-state index contributed by atoms with van der Waals surface area (Å²) in [5.74, 6) is 0.717. The van der Waals surface area contributed by atoms with Gasteiger partial charge in [0.05, 0.1) is 6.04 Å². The molecule has 0 saturated carbocycles. The zero-order valence-electron chi connectivity index (χ0n) is 17.0. The average Bonchev–Trinajstić information content (AvgIpc) is 3.45. The predicted molar refractivity (Wildman–Crippen MR) is 131 cm³/mol. The van der Waals surface area contributed by atoms with Gasteiger partial charge in [0, 0.05) is 37.6 Å². The van der Waals surface area contributed by atoms with Crippen LogP contribution in [0.4, 0.5) is 0 Å². The number of amides is 1. The van der Waals surface area contributed by atoms with Crippen LogP contribution in [-0.2, 0) is 6.54 Å². The molecule has 0 radical (unpaired) electrons. The van der Waals surface area contributed by atoms with Gasteiger partial charge in [0.1, 0.15) is 0 Å². The van der Waals surface area contributed by atoms with Gasteiger partial charge in [0.2, 0.25) is 0 Å². The van der Waals surface area contributed by atoms with Crippen LogP contribution >= 0.6 is 35.3 Å². The summed E-state index contributed by atoms with van der Waals surface area (Å²) in [6, 6.07) is 12.3. The second-order valence-electron chi connectivity index (χ2n) is 6.86. The Labute approximate surface area is 194 Å². The normalized spacial score (nSPS) is 15.4. The number of carbonyl (C=O) groups excluding carboxylic acids is 1. The Hall–Kier alpha value is -1.65. The fourth-order valence-corrected chi connectivity index (χ4v) is 4.32. The van der Waals surface area contributed by atoms with Crippen molar-refractivity contribution in [3.8, 4) is 0 Å². The maximum Gasteiger partial charge on any atom is 0.251 e. The zero-order valence-corrected chi connectivity index (χ0v) is 20.1. The molecule has 1 aromatic heterocycles. The number of hydrogen-bond acceptors (Lipinski definition) is 4. The number of hydrogen-bond donors (Lipinski definition) is 3. The highest BCUT2D eigenvalue weighted by molar-refractivity contribution is 14.0. The molecule has 0 bridgehead atoms. The van der Waals surface area contributed by atoms with Gasteiger partial charge in [-0.1, -0.05) is 18.2 Å². The first-order chi connectivity index (χ1) is 13.7. The maximum absolute atomic E-state index is 11.6. The molecule has 3 rings (SSSR count). The molecule has 29 heavy (non-hydrogen) atoms. The van der Waals surface area contributed by atoms with Crippen molar-refractivity contribution in [1.29, 1.82) is 0 Å². The average molecular weight is 527 g/mol. The molecule has 2 heterocycles. The molecule has 158 valence electrons. The third-order valence-corrected chi connectivity index (χ3v) is 6.02. The fraction of sp³-hybridized carbons (Fsp3) is 0.429. The lowest BCUT2D eigenvalue weighted by atomic mass is 10.1. The number of nitrogens with zero attached hydrogens (tertiary/aromatic N) is 2. The lowest BCUT2D eigenvalue weighted by molar-refractivity contribution is 0.0963. The van der Waals surface area contributed by atoms with E-state index < -0.39 is 0 Å². The molecule has 1 aromatic carbocycles. The second kappa shape index (κ2) is 12.1. The summed E-state index contributed by atoms with van der Waals surface area (Å²) in [6.45, 7) is 3.80. The molecule has 8 heteroatoms. The zero-order chi connectivity index (χ0) is 19.8. The van der Waals surface area contributed by atoms with Crippen molar-refractivity contribution in [2.75, 3.05) is 33.7 Å². The molecule has 1 atom stereocenters. The van der Waals surface area contributed by atoms with Gasteiger partial charge in [-0.2, -0.15) is 0 Å². The molecule has 1 saturated heterocycles. The van der Waals surface area contributed by atoms with Crippen LogP contribution in [0.1, 0.15) is 39.7 Å². The van der Waals surface area contributed by atoms with E-state index in [0.29, 0.717) is 18.2 Å². The summed E-state index contributed by atoms with van der Waals surface area (Å²) >= 11 is 1.82. The van der Waals surface area contributed by atoms with Crippen LogP contribution in [0.2, 0.25) is 0 Å². The van der Waals surface area contributed by atoms with Crippen molar-refractivity contribution < 1.29 is 4.79 Å². The van der Waals surface area contributed by atoms with Gasteiger partial charge in [-0.05, 0) is 55.1 Å². The number of likely N-dealkylation sites (tertiary alicyclic amines) is 1. The van der Waals surface area contributed by atoms with Crippen LogP contribution in [0, 0.1) is 0 Å². The molecule has 1 unspecified atom stereocenters. The largest absolute Gasteiger partial charge is 0.355 e. The first kappa shape index (κ1) is 23.6. The van der Waals surface area contributed by atoms with Crippen LogP contribution in [0.25, 0.3) is 0 Å². The summed E-state index contributed by atoms with van der Waals surface area (Å²) in [5.41, 5.74) is 1.77. The minimum atomic E-state index is -0.0708. The van der Waals surface area contributed by atoms with E-state index in [4.69, 9.17) is 0 Å². The topological polar surface area (TPSA) is 68.8 Å². The molecular formula is C21H30IN5OS. The standard InChI is InChI=1S/C21H29N5OS.HI/c1-22-20(27)17-9-7-16(8-10-17)14-24-21(23-2)25-15-18(19-6-5-13-28-19)26-11-3-4-12-26;/h5-10,13,18H,3-4,11-12,14-15H2,1-2H3,(H,22,27)(H2,23,24,25);1H. The van der Waals surface area contributed by atoms with Gasteiger partial charge < -0.3 is 16.0 Å². The van der Waals surface area contributed by atoms with Gasteiger partial charge in [-0.3, -0.25) is 14.7 Å². The number of guanidine groups is 1. The number of carbonyl (C=O) groups is 1. The van der Waals surface area contributed by atoms with Crippen molar-refractivity contribution in [2.24, 2.45) is 4.99 Å². The summed E-state index contributed by atoms with van der Waals surface area (Å²) < 4.78 is 0. The van der Waals surface area contributed by atoms with Gasteiger partial charge in [-0.15, -0.1) is 35.3 Å². The number of thiophene rings is 1. The number of aliphatic imine (C=N–C) groups is 1. The van der Waals surface area contributed by atoms with Crippen LogP contribution in [0.15, 0.2) is 46.8 Å². The van der Waals surface area contributed by atoms with Gasteiger partial charge in [-0.25, -0.2) is 0 Å². The van der Waals surface area contributed by atoms with Crippen molar-refractivity contribution in [3.63, 3.8) is 0 Å². The fourth-order valence-electron chi connectivity index (χ4n) is 3.46. The van der Waals surface area contributed by atoms with E-state index in [9.17, 15) is 4.79 Å². The van der Waals surface area contributed by atoms with E-state index in [1.807, 2.05) is 35.6 Å². The summed E-state index contributed by atoms with van der Waals surface area (Å²) in [5, 5.41) is 11.6. The summed E-state index contributed by atoms with van der Waals surface area (Å²) in [6.07, 6.45) is 2.56. The van der Waals surface area contributed by atoms with E-state index in [1.54, 1.807) is 14.1 Å². The molecule has 1 aliphatic heterocycles. The molecule has 0 spiro atoms. The molecule has 0 aliphatic carbocycles. The van der Waals surface area contributed by atoms with Crippen molar-refractivity contribution in [2.45, 2.75) is 25.4 Å². The van der Waals surface area contributed by atoms with E-state index in [-0.39, 0.29) is 29.9 Å². The van der Waals surface area contributed by atoms with E-state index in [0.717, 1.165) is 31.2 Å². The molecule has 2 aromatic rings. The van der Waals surface area contributed by atoms with E-state index in [2.05, 4.69) is 43.4 Å². The number of benzene rings is 1. The minimum Gasteiger partial charge on any atom is -0.355 e. The molecule has 1 aliphatic rings. The maximum atomic E-state index is 11.6. The molecule has 6 nitrogen and oxygen atoms in total. The summed E-state index contributed by atoms with van der Waals surface area (Å²) in [7, 11) is 3.43. The molecule has 1 amide bonds. The Bertz CT molecular complexity index is 773. The highest BCUT2D eigenvalue weighted by Crippen LogP contribution is 2.27. The number of rotatable bonds is 7. The van der Waals surface area contributed by atoms with Crippen molar-refractivity contribution in [1.82, 2.24) is 20.9 Å². The quantitative estimate of drug-likeness (QED) is 0.294.